The Morgan fingerprint density at radius 2 is 1.17 bits per heavy atom. The Kier molecular flexibility index (Phi) is 7.94. The molecule has 0 radical (unpaired) electrons. The molecule has 3 heterocycles. The fourth-order valence-corrected chi connectivity index (χ4v) is 10.9. The first-order valence-electron chi connectivity index (χ1n) is 21.1. The average molecular weight is 805 g/mol. The molecule has 2 aliphatic rings. The lowest BCUT2D eigenvalue weighted by molar-refractivity contribution is 0.436. The first-order chi connectivity index (χ1) is 31.0. The van der Waals surface area contributed by atoms with Gasteiger partial charge in [0.15, 0.2) is 0 Å². The molecule has 0 fully saturated rings. The van der Waals surface area contributed by atoms with Crippen molar-refractivity contribution in [1.82, 2.24) is 9.55 Å². The molecular weight excluding hydrogens is 769 g/mol. The summed E-state index contributed by atoms with van der Waals surface area (Å²) >= 11 is 0. The maximum atomic E-state index is 11.3. The van der Waals surface area contributed by atoms with Gasteiger partial charge in [0.1, 0.15) is 17.6 Å². The van der Waals surface area contributed by atoms with Crippen LogP contribution in [0.1, 0.15) is 38.9 Å². The third-order valence-electron chi connectivity index (χ3n) is 13.4. The molecular formula is C58H36N4O. The van der Waals surface area contributed by atoms with Gasteiger partial charge in [-0.1, -0.05) is 140 Å². The summed E-state index contributed by atoms with van der Waals surface area (Å²) in [5.41, 5.74) is 17.4. The van der Waals surface area contributed by atoms with Gasteiger partial charge in [-0.15, -0.1) is 0 Å². The van der Waals surface area contributed by atoms with Crippen molar-refractivity contribution in [2.24, 2.45) is 0 Å². The van der Waals surface area contributed by atoms with E-state index in [0.29, 0.717) is 16.9 Å². The van der Waals surface area contributed by atoms with Crippen LogP contribution in [-0.4, -0.2) is 9.55 Å². The van der Waals surface area contributed by atoms with Crippen LogP contribution in [0.15, 0.2) is 182 Å². The van der Waals surface area contributed by atoms with Crippen molar-refractivity contribution in [2.45, 2.75) is 19.3 Å². The van der Waals surface area contributed by atoms with Crippen molar-refractivity contribution in [2.75, 3.05) is 0 Å². The summed E-state index contributed by atoms with van der Waals surface area (Å²) in [7, 11) is 0. The highest BCUT2D eigenvalue weighted by Crippen LogP contribution is 2.64. The number of rotatable bonds is 4. The van der Waals surface area contributed by atoms with Crippen LogP contribution < -0.4 is 4.74 Å². The normalized spacial score (nSPS) is 12.8. The molecule has 1 aliphatic heterocycles. The number of nitrogens with zero attached hydrogens (tertiary/aromatic N) is 4. The Morgan fingerprint density at radius 1 is 0.571 bits per heavy atom. The number of hydrogen-bond donors (Lipinski definition) is 0. The fraction of sp³-hybridized carbons (Fsp3) is 0.0517. The summed E-state index contributed by atoms with van der Waals surface area (Å²) < 4.78 is 8.71. The highest BCUT2D eigenvalue weighted by Gasteiger charge is 2.51. The van der Waals surface area contributed by atoms with Crippen LogP contribution >= 0.6 is 0 Å². The minimum absolute atomic E-state index is 0.446. The second-order valence-corrected chi connectivity index (χ2v) is 16.4. The molecule has 2 aromatic heterocycles. The minimum atomic E-state index is -0.646. The molecule has 0 amide bonds. The third kappa shape index (κ3) is 4.94. The van der Waals surface area contributed by atoms with Crippen LogP contribution in [0.25, 0.3) is 76.8 Å². The van der Waals surface area contributed by atoms with Gasteiger partial charge >= 0.3 is 0 Å². The number of benzene rings is 8. The molecule has 1 aliphatic carbocycles. The molecule has 0 atom stereocenters. The Bertz CT molecular complexity index is 3570. The molecule has 0 saturated heterocycles. The van der Waals surface area contributed by atoms with Crippen molar-refractivity contribution in [3.8, 4) is 67.8 Å². The van der Waals surface area contributed by atoms with E-state index in [1.165, 1.54) is 5.56 Å². The molecule has 0 bridgehead atoms. The Morgan fingerprint density at radius 3 is 1.89 bits per heavy atom. The van der Waals surface area contributed by atoms with E-state index in [2.05, 4.69) is 166 Å². The van der Waals surface area contributed by atoms with Crippen molar-refractivity contribution < 1.29 is 4.74 Å². The Hall–Kier alpha value is -8.51. The van der Waals surface area contributed by atoms with Gasteiger partial charge in [0.2, 0.25) is 5.69 Å². The molecule has 8 aromatic carbocycles. The van der Waals surface area contributed by atoms with E-state index in [0.717, 1.165) is 106 Å². The molecule has 1 spiro atoms. The monoisotopic (exact) mass is 804 g/mol. The van der Waals surface area contributed by atoms with Gasteiger partial charge in [0.25, 0.3) is 0 Å². The SMILES string of the molecule is [C-]#[N+]c1c(C)c(-c2cccc3c2-c2ccccc2C32c3ccccc3Oc3ccccc32)c(C)c(C#N)c1-n1c2ccncc2c2cc(-c3ccccc3-c3ccccc3)ccc21. The highest BCUT2D eigenvalue weighted by molar-refractivity contribution is 6.12. The van der Waals surface area contributed by atoms with E-state index in [1.54, 1.807) is 6.20 Å². The largest absolute Gasteiger partial charge is 0.457 e. The number of pyridine rings is 1. The van der Waals surface area contributed by atoms with Crippen LogP contribution in [0.2, 0.25) is 0 Å². The van der Waals surface area contributed by atoms with Crippen molar-refractivity contribution >= 4 is 27.5 Å². The van der Waals surface area contributed by atoms with Crippen LogP contribution in [0.5, 0.6) is 11.5 Å². The zero-order chi connectivity index (χ0) is 42.4. The fourth-order valence-electron chi connectivity index (χ4n) is 10.9. The quantitative estimate of drug-likeness (QED) is 0.167. The van der Waals surface area contributed by atoms with Gasteiger partial charge in [-0.2, -0.15) is 5.26 Å². The Labute approximate surface area is 365 Å². The smallest absolute Gasteiger partial charge is 0.215 e. The average Bonchev–Trinajstić information content (AvgIpc) is 3.82. The van der Waals surface area contributed by atoms with Gasteiger partial charge in [0, 0.05) is 34.3 Å². The number of nitriles is 1. The zero-order valence-electron chi connectivity index (χ0n) is 34.5. The predicted molar refractivity (Wildman–Crippen MR) is 253 cm³/mol. The zero-order valence-corrected chi connectivity index (χ0v) is 34.5. The lowest BCUT2D eigenvalue weighted by Crippen LogP contribution is -2.32. The standard InChI is InChI=1S/C58H36N4O/c1-35-44(33-59)57(62-50-29-28-38(32-43(50)45-34-61-31-30-51(45)62)40-19-8-7-18-39(40)37-16-5-4-6-17-37)56(60-3)36(2)54(35)42-21-15-25-49-55(42)41-20-9-10-22-46(41)58(49)47-23-11-13-26-52(47)63-53-27-14-12-24-48(53)58/h4-32,34H,1-2H3. The summed E-state index contributed by atoms with van der Waals surface area (Å²) in [6.45, 7) is 12.9. The first-order valence-corrected chi connectivity index (χ1v) is 21.1. The lowest BCUT2D eigenvalue weighted by atomic mass is 9.66. The van der Waals surface area contributed by atoms with Crippen molar-refractivity contribution in [3.63, 3.8) is 0 Å². The number of para-hydroxylation sites is 2. The summed E-state index contributed by atoms with van der Waals surface area (Å²) in [5.74, 6) is 1.66. The maximum Gasteiger partial charge on any atom is 0.215 e. The summed E-state index contributed by atoms with van der Waals surface area (Å²) in [6, 6.07) is 62.0. The van der Waals surface area contributed by atoms with Crippen molar-refractivity contribution in [3.05, 3.63) is 233 Å². The van der Waals surface area contributed by atoms with Gasteiger partial charge < -0.3 is 9.30 Å². The number of hydrogen-bond acceptors (Lipinski definition) is 3. The van der Waals surface area contributed by atoms with Crippen LogP contribution in [0, 0.1) is 31.8 Å². The molecule has 0 unspecified atom stereocenters. The van der Waals surface area contributed by atoms with E-state index >= 15 is 0 Å². The molecule has 0 saturated carbocycles. The van der Waals surface area contributed by atoms with E-state index in [4.69, 9.17) is 11.3 Å². The third-order valence-corrected chi connectivity index (χ3v) is 13.4. The number of aromatic nitrogens is 2. The molecule has 12 rings (SSSR count). The van der Waals surface area contributed by atoms with E-state index in [1.807, 2.05) is 44.3 Å². The summed E-state index contributed by atoms with van der Waals surface area (Å²) in [5, 5.41) is 13.3. The second kappa shape index (κ2) is 13.8. The van der Waals surface area contributed by atoms with Crippen LogP contribution in [0.3, 0.4) is 0 Å². The highest BCUT2D eigenvalue weighted by atomic mass is 16.5. The van der Waals surface area contributed by atoms with E-state index in [9.17, 15) is 5.26 Å². The van der Waals surface area contributed by atoms with Gasteiger partial charge in [-0.05, 0) is 111 Å². The van der Waals surface area contributed by atoms with E-state index in [-0.39, 0.29) is 0 Å². The predicted octanol–water partition coefficient (Wildman–Crippen LogP) is 14.7. The molecule has 10 aromatic rings. The lowest BCUT2D eigenvalue weighted by Gasteiger charge is -2.39. The first kappa shape index (κ1) is 36.4. The minimum Gasteiger partial charge on any atom is -0.457 e. The van der Waals surface area contributed by atoms with Crippen molar-refractivity contribution in [1.29, 1.82) is 5.26 Å². The van der Waals surface area contributed by atoms with Gasteiger partial charge in [-0.25, -0.2) is 4.85 Å². The number of ether oxygens (including phenoxy) is 1. The molecule has 294 valence electrons. The van der Waals surface area contributed by atoms with Crippen LogP contribution in [-0.2, 0) is 5.41 Å². The topological polar surface area (TPSA) is 55.2 Å². The van der Waals surface area contributed by atoms with Gasteiger partial charge in [-0.3, -0.25) is 4.98 Å². The summed E-state index contributed by atoms with van der Waals surface area (Å²) in [6.07, 6.45) is 3.68. The molecule has 5 heteroatoms. The second-order valence-electron chi connectivity index (χ2n) is 16.4. The molecule has 63 heavy (non-hydrogen) atoms. The maximum absolute atomic E-state index is 11.3. The Balaban J connectivity index is 1.11. The summed E-state index contributed by atoms with van der Waals surface area (Å²) in [4.78, 5) is 8.89. The van der Waals surface area contributed by atoms with E-state index < -0.39 is 5.41 Å². The van der Waals surface area contributed by atoms with Gasteiger partial charge in [0.05, 0.1) is 34.3 Å². The molecule has 0 N–H and O–H groups in total. The van der Waals surface area contributed by atoms with Crippen LogP contribution in [0.4, 0.5) is 5.69 Å². The number of fused-ring (bicyclic) bond motifs is 12. The molecule has 5 nitrogen and oxygen atoms in total.